The second-order valence-electron chi connectivity index (χ2n) is 7.59. The monoisotopic (exact) mass is 412 g/mol. The molecule has 0 unspecified atom stereocenters. The van der Waals surface area contributed by atoms with Crippen molar-refractivity contribution in [2.45, 2.75) is 33.3 Å². The largest absolute Gasteiger partial charge is 0.505 e. The summed E-state index contributed by atoms with van der Waals surface area (Å²) in [6.45, 7) is 7.07. The van der Waals surface area contributed by atoms with Crippen molar-refractivity contribution in [1.82, 2.24) is 14.8 Å². The molecule has 0 bridgehead atoms. The number of aryl methyl sites for hydroxylation is 1. The van der Waals surface area contributed by atoms with E-state index in [1.54, 1.807) is 6.92 Å². The van der Waals surface area contributed by atoms with Crippen LogP contribution in [0.2, 0.25) is 0 Å². The Labute approximate surface area is 171 Å². The Morgan fingerprint density at radius 1 is 1.13 bits per heavy atom. The second-order valence-corrected chi connectivity index (χ2v) is 7.59. The van der Waals surface area contributed by atoms with Crippen molar-refractivity contribution in [3.05, 3.63) is 46.8 Å². The van der Waals surface area contributed by atoms with E-state index in [4.69, 9.17) is 4.84 Å². The molecule has 0 radical (unpaired) electrons. The van der Waals surface area contributed by atoms with Gasteiger partial charge < -0.3 is 20.2 Å². The summed E-state index contributed by atoms with van der Waals surface area (Å²) in [4.78, 5) is 32.3. The molecule has 0 aliphatic carbocycles. The van der Waals surface area contributed by atoms with E-state index in [9.17, 15) is 24.9 Å². The van der Waals surface area contributed by atoms with Gasteiger partial charge in [0.25, 0.3) is 0 Å². The number of fused-ring (bicyclic) bond motifs is 1. The highest BCUT2D eigenvalue weighted by atomic mass is 16.6. The van der Waals surface area contributed by atoms with Gasteiger partial charge in [-0.3, -0.25) is 0 Å². The number of rotatable bonds is 5. The lowest BCUT2D eigenvalue weighted by Gasteiger charge is -2.15. The summed E-state index contributed by atoms with van der Waals surface area (Å²) >= 11 is 0. The summed E-state index contributed by atoms with van der Waals surface area (Å²) in [5, 5.41) is 37.7. The number of pyridine rings is 1. The molecule has 0 spiro atoms. The number of aromatic hydroxyl groups is 1. The Morgan fingerprint density at radius 2 is 1.73 bits per heavy atom. The molecule has 10 heteroatoms. The van der Waals surface area contributed by atoms with Crippen LogP contribution in [0.25, 0.3) is 16.7 Å². The normalized spacial score (nSPS) is 11.9. The van der Waals surface area contributed by atoms with Crippen molar-refractivity contribution in [3.63, 3.8) is 0 Å². The zero-order valence-electron chi connectivity index (χ0n) is 16.7. The topological polar surface area (TPSA) is 147 Å². The smallest absolute Gasteiger partial charge is 0.335 e. The minimum Gasteiger partial charge on any atom is -0.505 e. The molecule has 0 amide bonds. The van der Waals surface area contributed by atoms with Crippen LogP contribution in [0.15, 0.2) is 29.6 Å². The van der Waals surface area contributed by atoms with E-state index < -0.39 is 17.5 Å². The van der Waals surface area contributed by atoms with Crippen LogP contribution < -0.4 is 0 Å². The number of carboxylic acid groups (broad SMARTS) is 2. The summed E-state index contributed by atoms with van der Waals surface area (Å²) in [6, 6.07) is 3.65. The first-order valence-corrected chi connectivity index (χ1v) is 8.89. The number of aromatic nitrogens is 3. The third kappa shape index (κ3) is 4.22. The number of nitrogens with zero attached hydrogens (tertiary/aromatic N) is 4. The lowest BCUT2D eigenvalue weighted by molar-refractivity contribution is 0.00197. The van der Waals surface area contributed by atoms with E-state index in [2.05, 4.69) is 15.2 Å². The molecule has 3 N–H and O–H groups in total. The molecule has 2 heterocycles. The molecule has 2 aromatic heterocycles. The molecule has 0 saturated heterocycles. The zero-order valence-corrected chi connectivity index (χ0v) is 16.7. The van der Waals surface area contributed by atoms with Gasteiger partial charge in [-0.1, -0.05) is 5.16 Å². The maximum Gasteiger partial charge on any atom is 0.335 e. The molecule has 3 rings (SSSR count). The van der Waals surface area contributed by atoms with E-state index in [1.165, 1.54) is 29.2 Å². The molecule has 0 atom stereocenters. The maximum atomic E-state index is 11.4. The molecule has 0 aliphatic rings. The van der Waals surface area contributed by atoms with Crippen LogP contribution in [0.5, 0.6) is 5.75 Å². The highest BCUT2D eigenvalue weighted by Gasteiger charge is 2.18. The van der Waals surface area contributed by atoms with Crippen molar-refractivity contribution in [2.75, 3.05) is 0 Å². The Bertz CT molecular complexity index is 1160. The summed E-state index contributed by atoms with van der Waals surface area (Å²) in [6.07, 6.45) is 2.85. The number of benzene rings is 1. The fourth-order valence-corrected chi connectivity index (χ4v) is 2.66. The number of hydrogen-bond acceptors (Lipinski definition) is 7. The SMILES string of the molecule is Cc1nc2nn(-c3cc(C(=O)O)cc(C(=O)O)c3)cc2c(/C=N/OC(C)(C)C)c1O. The van der Waals surface area contributed by atoms with E-state index in [0.717, 1.165) is 6.07 Å². The molecule has 10 nitrogen and oxygen atoms in total. The molecule has 3 aromatic rings. The minimum absolute atomic E-state index is 0.103. The van der Waals surface area contributed by atoms with E-state index >= 15 is 0 Å². The summed E-state index contributed by atoms with van der Waals surface area (Å²) in [7, 11) is 0. The summed E-state index contributed by atoms with van der Waals surface area (Å²) < 4.78 is 1.30. The van der Waals surface area contributed by atoms with Crippen LogP contribution in [0.4, 0.5) is 0 Å². The fourth-order valence-electron chi connectivity index (χ4n) is 2.66. The number of oxime groups is 1. The lowest BCUT2D eigenvalue weighted by atomic mass is 10.1. The molecular weight excluding hydrogens is 392 g/mol. The fraction of sp³-hybridized carbons (Fsp3) is 0.250. The minimum atomic E-state index is -1.27. The molecule has 0 aliphatic heterocycles. The van der Waals surface area contributed by atoms with Crippen molar-refractivity contribution in [3.8, 4) is 11.4 Å². The number of aromatic carboxylic acids is 2. The third-order valence-corrected chi connectivity index (χ3v) is 4.04. The van der Waals surface area contributed by atoms with Gasteiger partial charge in [0, 0.05) is 6.20 Å². The first-order chi connectivity index (χ1) is 14.0. The molecule has 30 heavy (non-hydrogen) atoms. The van der Waals surface area contributed by atoms with Crippen LogP contribution in [-0.4, -0.2) is 53.8 Å². The van der Waals surface area contributed by atoms with Gasteiger partial charge in [-0.2, -0.15) is 0 Å². The molecule has 156 valence electrons. The third-order valence-electron chi connectivity index (χ3n) is 4.04. The zero-order chi connectivity index (χ0) is 22.2. The van der Waals surface area contributed by atoms with Crippen LogP contribution in [-0.2, 0) is 4.84 Å². The maximum absolute atomic E-state index is 11.4. The number of carboxylic acids is 2. The van der Waals surface area contributed by atoms with Gasteiger partial charge in [-0.15, -0.1) is 5.10 Å². The molecule has 1 aromatic carbocycles. The Kier molecular flexibility index (Phi) is 5.17. The van der Waals surface area contributed by atoms with E-state index in [1.807, 2.05) is 20.8 Å². The predicted octanol–water partition coefficient (Wildman–Crippen LogP) is 2.98. The van der Waals surface area contributed by atoms with Crippen molar-refractivity contribution in [1.29, 1.82) is 0 Å². The number of hydrogen-bond donors (Lipinski definition) is 3. The molecular formula is C20H20N4O6. The summed E-state index contributed by atoms with van der Waals surface area (Å²) in [5.41, 5.74) is 0.198. The van der Waals surface area contributed by atoms with Crippen LogP contribution >= 0.6 is 0 Å². The number of carbonyl (C=O) groups is 2. The predicted molar refractivity (Wildman–Crippen MR) is 108 cm³/mol. The van der Waals surface area contributed by atoms with Crippen LogP contribution in [0.1, 0.15) is 52.7 Å². The Morgan fingerprint density at radius 3 is 2.27 bits per heavy atom. The van der Waals surface area contributed by atoms with Gasteiger partial charge in [-0.05, 0) is 45.9 Å². The van der Waals surface area contributed by atoms with Gasteiger partial charge in [0.1, 0.15) is 11.4 Å². The average Bonchev–Trinajstić information content (AvgIpc) is 3.07. The molecule has 0 saturated carbocycles. The summed E-state index contributed by atoms with van der Waals surface area (Å²) in [5.74, 6) is -2.64. The van der Waals surface area contributed by atoms with Gasteiger partial charge in [0.05, 0.1) is 39.7 Å². The van der Waals surface area contributed by atoms with E-state index in [-0.39, 0.29) is 28.2 Å². The first kappa shape index (κ1) is 20.8. The second kappa shape index (κ2) is 7.47. The highest BCUT2D eigenvalue weighted by molar-refractivity contribution is 6.00. The van der Waals surface area contributed by atoms with Gasteiger partial charge >= 0.3 is 11.9 Å². The Hall–Kier alpha value is -3.95. The van der Waals surface area contributed by atoms with E-state index in [0.29, 0.717) is 16.6 Å². The molecule has 0 fully saturated rings. The van der Waals surface area contributed by atoms with Gasteiger partial charge in [0.2, 0.25) is 0 Å². The Balaban J connectivity index is 2.17. The van der Waals surface area contributed by atoms with Crippen LogP contribution in [0.3, 0.4) is 0 Å². The highest BCUT2D eigenvalue weighted by Crippen LogP contribution is 2.28. The van der Waals surface area contributed by atoms with Crippen molar-refractivity contribution >= 4 is 29.2 Å². The standard InChI is InChI=1S/C20H20N4O6/c1-10-16(25)14(8-21-30-20(2,3)4)15-9-24(23-17(15)22-10)13-6-11(18(26)27)5-12(7-13)19(28)29/h5-9,25H,1-4H3,(H,26,27)(H,28,29)/b21-8+. The average molecular weight is 412 g/mol. The van der Waals surface area contributed by atoms with Crippen molar-refractivity contribution < 1.29 is 29.7 Å². The lowest BCUT2D eigenvalue weighted by Crippen LogP contribution is -2.15. The van der Waals surface area contributed by atoms with Gasteiger partial charge in [-0.25, -0.2) is 19.3 Å². The quantitative estimate of drug-likeness (QED) is 0.428. The van der Waals surface area contributed by atoms with Crippen LogP contribution in [0, 0.1) is 6.92 Å². The van der Waals surface area contributed by atoms with Gasteiger partial charge in [0.15, 0.2) is 5.65 Å². The first-order valence-electron chi connectivity index (χ1n) is 8.89. The van der Waals surface area contributed by atoms with Crippen molar-refractivity contribution in [2.24, 2.45) is 5.16 Å².